The van der Waals surface area contributed by atoms with Crippen LogP contribution in [0.2, 0.25) is 0 Å². The van der Waals surface area contributed by atoms with Gasteiger partial charge in [0.25, 0.3) is 5.56 Å². The van der Waals surface area contributed by atoms with Gasteiger partial charge >= 0.3 is 12.4 Å². The van der Waals surface area contributed by atoms with E-state index >= 15 is 0 Å². The summed E-state index contributed by atoms with van der Waals surface area (Å²) in [4.78, 5) is 19.4. The van der Waals surface area contributed by atoms with E-state index in [-0.39, 0.29) is 18.8 Å². The molecular formula is C14H14F6N4O. The van der Waals surface area contributed by atoms with Crippen molar-refractivity contribution in [2.45, 2.75) is 38.2 Å². The molecule has 11 heteroatoms. The average molecular weight is 368 g/mol. The standard InChI is InChI=1S/C14H14F6N4O/c15-13(16,17)3-4-22-7-8(6-21)10-11(14(18,19)20)23-9-2-1-5-24(9)12(10)25/h6-7H,1-5,21H2/b8-6+,22-7?. The van der Waals surface area contributed by atoms with Crippen LogP contribution in [-0.2, 0) is 19.1 Å². The van der Waals surface area contributed by atoms with Crippen molar-refractivity contribution in [2.24, 2.45) is 10.7 Å². The Bertz CT molecular complexity index is 760. The lowest BCUT2D eigenvalue weighted by Crippen LogP contribution is -2.30. The van der Waals surface area contributed by atoms with Crippen LogP contribution < -0.4 is 11.3 Å². The molecule has 1 aliphatic rings. The predicted molar refractivity (Wildman–Crippen MR) is 78.0 cm³/mol. The van der Waals surface area contributed by atoms with E-state index < -0.39 is 47.7 Å². The molecule has 0 amide bonds. The highest BCUT2D eigenvalue weighted by Crippen LogP contribution is 2.32. The third kappa shape index (κ3) is 4.40. The predicted octanol–water partition coefficient (Wildman–Crippen LogP) is 2.53. The zero-order chi connectivity index (χ0) is 18.8. The SMILES string of the molecule is N/C=C(\C=NCCC(F)(F)F)c1c(C(F)(F)F)nc2n(c1=O)CCC2. The molecule has 25 heavy (non-hydrogen) atoms. The van der Waals surface area contributed by atoms with Gasteiger partial charge in [0.1, 0.15) is 5.82 Å². The van der Waals surface area contributed by atoms with Crippen LogP contribution in [0.5, 0.6) is 0 Å². The summed E-state index contributed by atoms with van der Waals surface area (Å²) in [5, 5.41) is 0. The van der Waals surface area contributed by atoms with E-state index in [0.29, 0.717) is 12.6 Å². The van der Waals surface area contributed by atoms with Crippen LogP contribution in [0, 0.1) is 0 Å². The van der Waals surface area contributed by atoms with Crippen molar-refractivity contribution in [2.75, 3.05) is 6.54 Å². The van der Waals surface area contributed by atoms with Gasteiger partial charge in [-0.2, -0.15) is 26.3 Å². The highest BCUT2D eigenvalue weighted by Gasteiger charge is 2.39. The molecule has 0 aliphatic carbocycles. The fourth-order valence-corrected chi connectivity index (χ4v) is 2.43. The highest BCUT2D eigenvalue weighted by molar-refractivity contribution is 6.09. The quantitative estimate of drug-likeness (QED) is 0.656. The minimum absolute atomic E-state index is 0.0199. The second-order valence-electron chi connectivity index (χ2n) is 5.33. The molecule has 2 N–H and O–H groups in total. The molecule has 138 valence electrons. The molecule has 2 rings (SSSR count). The van der Waals surface area contributed by atoms with Gasteiger partial charge in [0.2, 0.25) is 0 Å². The molecule has 2 heterocycles. The number of hydrogen-bond donors (Lipinski definition) is 1. The Morgan fingerprint density at radius 1 is 1.28 bits per heavy atom. The number of allylic oxidation sites excluding steroid dienone is 1. The molecule has 0 aromatic carbocycles. The first-order valence-corrected chi connectivity index (χ1v) is 7.24. The number of alkyl halides is 6. The number of halogens is 6. The number of aliphatic imine (C=N–C) groups is 1. The van der Waals surface area contributed by atoms with Gasteiger partial charge < -0.3 is 5.73 Å². The number of nitrogens with two attached hydrogens (primary N) is 1. The summed E-state index contributed by atoms with van der Waals surface area (Å²) < 4.78 is 77.2. The first kappa shape index (κ1) is 19.0. The van der Waals surface area contributed by atoms with Gasteiger partial charge in [0.05, 0.1) is 12.0 Å². The van der Waals surface area contributed by atoms with Crippen molar-refractivity contribution in [3.63, 3.8) is 0 Å². The Labute approximate surface area is 137 Å². The zero-order valence-electron chi connectivity index (χ0n) is 12.8. The third-order valence-electron chi connectivity index (χ3n) is 3.52. The summed E-state index contributed by atoms with van der Waals surface area (Å²) in [6, 6.07) is 0. The maximum atomic E-state index is 13.3. The molecule has 0 fully saturated rings. The maximum Gasteiger partial charge on any atom is 0.434 e. The lowest BCUT2D eigenvalue weighted by atomic mass is 10.1. The largest absolute Gasteiger partial charge is 0.434 e. The van der Waals surface area contributed by atoms with Gasteiger partial charge in [0, 0.05) is 37.5 Å². The van der Waals surface area contributed by atoms with Crippen molar-refractivity contribution in [3.8, 4) is 0 Å². The Hall–Kier alpha value is -2.33. The van der Waals surface area contributed by atoms with E-state index in [1.54, 1.807) is 0 Å². The van der Waals surface area contributed by atoms with E-state index in [4.69, 9.17) is 5.73 Å². The highest BCUT2D eigenvalue weighted by atomic mass is 19.4. The van der Waals surface area contributed by atoms with E-state index in [1.807, 2.05) is 0 Å². The van der Waals surface area contributed by atoms with Gasteiger partial charge in [-0.15, -0.1) is 0 Å². The third-order valence-corrected chi connectivity index (χ3v) is 3.52. The topological polar surface area (TPSA) is 73.3 Å². The van der Waals surface area contributed by atoms with Crippen LogP contribution in [-0.4, -0.2) is 28.5 Å². The second-order valence-corrected chi connectivity index (χ2v) is 5.33. The van der Waals surface area contributed by atoms with Crippen LogP contribution >= 0.6 is 0 Å². The van der Waals surface area contributed by atoms with Crippen molar-refractivity contribution in [3.05, 3.63) is 33.6 Å². The number of nitrogens with zero attached hydrogens (tertiary/aromatic N) is 3. The molecule has 5 nitrogen and oxygen atoms in total. The number of aromatic nitrogens is 2. The molecule has 1 aromatic heterocycles. The minimum Gasteiger partial charge on any atom is -0.404 e. The average Bonchev–Trinajstić information content (AvgIpc) is 2.95. The van der Waals surface area contributed by atoms with E-state index in [1.165, 1.54) is 0 Å². The molecular weight excluding hydrogens is 354 g/mol. The fraction of sp³-hybridized carbons (Fsp3) is 0.500. The Balaban J connectivity index is 2.45. The molecule has 0 radical (unpaired) electrons. The number of rotatable bonds is 4. The van der Waals surface area contributed by atoms with Crippen LogP contribution in [0.15, 0.2) is 16.0 Å². The van der Waals surface area contributed by atoms with Crippen molar-refractivity contribution in [1.82, 2.24) is 9.55 Å². The van der Waals surface area contributed by atoms with Gasteiger partial charge in [-0.05, 0) is 6.42 Å². The van der Waals surface area contributed by atoms with Gasteiger partial charge in [-0.25, -0.2) is 4.98 Å². The summed E-state index contributed by atoms with van der Waals surface area (Å²) in [6.07, 6.45) is -8.45. The van der Waals surface area contributed by atoms with E-state index in [0.717, 1.165) is 10.8 Å². The van der Waals surface area contributed by atoms with E-state index in [2.05, 4.69) is 9.98 Å². The smallest absolute Gasteiger partial charge is 0.404 e. The minimum atomic E-state index is -4.92. The Morgan fingerprint density at radius 2 is 1.96 bits per heavy atom. The van der Waals surface area contributed by atoms with Gasteiger partial charge in [-0.1, -0.05) is 0 Å². The fourth-order valence-electron chi connectivity index (χ4n) is 2.43. The van der Waals surface area contributed by atoms with Gasteiger partial charge in [0.15, 0.2) is 5.69 Å². The first-order valence-electron chi connectivity index (χ1n) is 7.24. The molecule has 1 aromatic rings. The van der Waals surface area contributed by atoms with Crippen LogP contribution in [0.25, 0.3) is 5.57 Å². The summed E-state index contributed by atoms with van der Waals surface area (Å²) in [5.74, 6) is 0.0199. The van der Waals surface area contributed by atoms with E-state index in [9.17, 15) is 31.1 Å². The summed E-state index contributed by atoms with van der Waals surface area (Å²) >= 11 is 0. The Morgan fingerprint density at radius 3 is 2.52 bits per heavy atom. The number of aryl methyl sites for hydroxylation is 1. The molecule has 0 bridgehead atoms. The summed E-state index contributed by atoms with van der Waals surface area (Å²) in [6.45, 7) is -0.475. The monoisotopic (exact) mass is 368 g/mol. The molecule has 0 unspecified atom stereocenters. The number of hydrogen-bond acceptors (Lipinski definition) is 4. The van der Waals surface area contributed by atoms with Crippen molar-refractivity contribution < 1.29 is 26.3 Å². The van der Waals surface area contributed by atoms with Crippen LogP contribution in [0.4, 0.5) is 26.3 Å². The molecule has 1 aliphatic heterocycles. The van der Waals surface area contributed by atoms with Gasteiger partial charge in [-0.3, -0.25) is 14.4 Å². The zero-order valence-corrected chi connectivity index (χ0v) is 12.8. The maximum absolute atomic E-state index is 13.3. The number of fused-ring (bicyclic) bond motifs is 1. The summed E-state index contributed by atoms with van der Waals surface area (Å²) in [7, 11) is 0. The molecule has 0 saturated carbocycles. The molecule has 0 atom stereocenters. The van der Waals surface area contributed by atoms with Crippen molar-refractivity contribution >= 4 is 11.8 Å². The van der Waals surface area contributed by atoms with Crippen LogP contribution in [0.3, 0.4) is 0 Å². The molecule has 0 spiro atoms. The lowest BCUT2D eigenvalue weighted by Gasteiger charge is -2.14. The normalized spacial score (nSPS) is 15.8. The molecule has 0 saturated heterocycles. The first-order chi connectivity index (χ1) is 11.5. The van der Waals surface area contributed by atoms with Crippen molar-refractivity contribution in [1.29, 1.82) is 0 Å². The second kappa shape index (κ2) is 6.89. The Kier molecular flexibility index (Phi) is 5.23. The van der Waals surface area contributed by atoms with Crippen LogP contribution in [0.1, 0.15) is 29.9 Å². The lowest BCUT2D eigenvalue weighted by molar-refractivity contribution is -0.141. The summed E-state index contributed by atoms with van der Waals surface area (Å²) in [5.41, 5.74) is 1.70.